The normalized spacial score (nSPS) is 16.1. The van der Waals surface area contributed by atoms with E-state index in [1.807, 2.05) is 0 Å². The van der Waals surface area contributed by atoms with E-state index in [1.165, 1.54) is 23.9 Å². The molecule has 0 bridgehead atoms. The van der Waals surface area contributed by atoms with Crippen molar-refractivity contribution in [2.45, 2.75) is 19.9 Å². The number of ether oxygens (including phenoxy) is 1. The predicted octanol–water partition coefficient (Wildman–Crippen LogP) is 0.443. The van der Waals surface area contributed by atoms with Gasteiger partial charge in [-0.1, -0.05) is 0 Å². The molecule has 0 spiro atoms. The molecule has 1 fully saturated rings. The third kappa shape index (κ3) is 3.61. The standard InChI is InChI=1S/C14H20N4O5/c1-3-23-14(22)17-8-6-16(7-9-17)12(19)11-4-5-15-18(11)10(2)13(20)21/h4-5,10H,3,6-9H2,1-2H3,(H,20,21). The van der Waals surface area contributed by atoms with Crippen molar-refractivity contribution in [2.24, 2.45) is 0 Å². The summed E-state index contributed by atoms with van der Waals surface area (Å²) in [7, 11) is 0. The van der Waals surface area contributed by atoms with Crippen molar-refractivity contribution in [1.82, 2.24) is 19.6 Å². The molecule has 1 aromatic rings. The van der Waals surface area contributed by atoms with Crippen LogP contribution in [0.4, 0.5) is 4.79 Å². The summed E-state index contributed by atoms with van der Waals surface area (Å²) in [5.41, 5.74) is 0.226. The number of carboxylic acids is 1. The fourth-order valence-electron chi connectivity index (χ4n) is 2.37. The molecule has 2 amide bonds. The molecule has 1 aromatic heterocycles. The highest BCUT2D eigenvalue weighted by atomic mass is 16.6. The van der Waals surface area contributed by atoms with Crippen molar-refractivity contribution >= 4 is 18.0 Å². The number of carboxylic acid groups (broad SMARTS) is 1. The van der Waals surface area contributed by atoms with Gasteiger partial charge in [0.2, 0.25) is 0 Å². The molecule has 2 rings (SSSR count). The molecule has 1 N–H and O–H groups in total. The molecule has 0 radical (unpaired) electrons. The lowest BCUT2D eigenvalue weighted by molar-refractivity contribution is -0.140. The third-order valence-electron chi connectivity index (χ3n) is 3.71. The first-order chi connectivity index (χ1) is 11.0. The lowest BCUT2D eigenvalue weighted by Gasteiger charge is -2.34. The van der Waals surface area contributed by atoms with Crippen molar-refractivity contribution in [1.29, 1.82) is 0 Å². The van der Waals surface area contributed by atoms with Crippen LogP contribution in [-0.2, 0) is 9.53 Å². The Morgan fingerprint density at radius 3 is 2.43 bits per heavy atom. The molecule has 0 saturated carbocycles. The van der Waals surface area contributed by atoms with Gasteiger partial charge in [-0.2, -0.15) is 5.10 Å². The number of carbonyl (C=O) groups excluding carboxylic acids is 2. The van der Waals surface area contributed by atoms with Crippen molar-refractivity contribution in [2.75, 3.05) is 32.8 Å². The molecular formula is C14H20N4O5. The second-order valence-electron chi connectivity index (χ2n) is 5.15. The van der Waals surface area contributed by atoms with Crippen molar-refractivity contribution in [3.05, 3.63) is 18.0 Å². The summed E-state index contributed by atoms with van der Waals surface area (Å²) in [6.45, 7) is 5.01. The zero-order valence-electron chi connectivity index (χ0n) is 13.1. The van der Waals surface area contributed by atoms with Crippen LogP contribution in [0.5, 0.6) is 0 Å². The largest absolute Gasteiger partial charge is 0.480 e. The molecule has 23 heavy (non-hydrogen) atoms. The van der Waals surface area contributed by atoms with E-state index >= 15 is 0 Å². The summed E-state index contributed by atoms with van der Waals surface area (Å²) >= 11 is 0. The van der Waals surface area contributed by atoms with Gasteiger partial charge in [0, 0.05) is 32.4 Å². The number of amides is 2. The van der Waals surface area contributed by atoms with Crippen LogP contribution in [0.1, 0.15) is 30.4 Å². The second-order valence-corrected chi connectivity index (χ2v) is 5.15. The van der Waals surface area contributed by atoms with E-state index in [4.69, 9.17) is 9.84 Å². The Morgan fingerprint density at radius 1 is 1.26 bits per heavy atom. The number of aromatic nitrogens is 2. The van der Waals surface area contributed by atoms with Gasteiger partial charge < -0.3 is 19.6 Å². The maximum Gasteiger partial charge on any atom is 0.409 e. The quantitative estimate of drug-likeness (QED) is 0.862. The highest BCUT2D eigenvalue weighted by Crippen LogP contribution is 2.14. The molecule has 1 saturated heterocycles. The molecular weight excluding hydrogens is 304 g/mol. The lowest BCUT2D eigenvalue weighted by Crippen LogP contribution is -2.51. The zero-order chi connectivity index (χ0) is 17.0. The summed E-state index contributed by atoms with van der Waals surface area (Å²) < 4.78 is 6.13. The van der Waals surface area contributed by atoms with E-state index in [9.17, 15) is 14.4 Å². The third-order valence-corrected chi connectivity index (χ3v) is 3.71. The van der Waals surface area contributed by atoms with Crippen LogP contribution in [-0.4, -0.2) is 75.4 Å². The maximum absolute atomic E-state index is 12.5. The van der Waals surface area contributed by atoms with Gasteiger partial charge in [0.1, 0.15) is 11.7 Å². The van der Waals surface area contributed by atoms with Crippen LogP contribution in [0.25, 0.3) is 0 Å². The first kappa shape index (κ1) is 16.8. The van der Waals surface area contributed by atoms with Gasteiger partial charge in [-0.3, -0.25) is 4.79 Å². The highest BCUT2D eigenvalue weighted by Gasteiger charge is 2.28. The van der Waals surface area contributed by atoms with Crippen LogP contribution in [0.2, 0.25) is 0 Å². The molecule has 1 atom stereocenters. The highest BCUT2D eigenvalue weighted by molar-refractivity contribution is 5.93. The summed E-state index contributed by atoms with van der Waals surface area (Å²) in [4.78, 5) is 38.4. The molecule has 126 valence electrons. The van der Waals surface area contributed by atoms with Gasteiger partial charge in [0.05, 0.1) is 6.61 Å². The summed E-state index contributed by atoms with van der Waals surface area (Å²) in [6.07, 6.45) is 1.02. The van der Waals surface area contributed by atoms with Crippen LogP contribution >= 0.6 is 0 Å². The average Bonchev–Trinajstić information content (AvgIpc) is 3.03. The molecule has 1 aliphatic heterocycles. The van der Waals surface area contributed by atoms with E-state index in [2.05, 4.69) is 5.10 Å². The van der Waals surface area contributed by atoms with E-state index in [-0.39, 0.29) is 17.7 Å². The number of piperazine rings is 1. The van der Waals surface area contributed by atoms with E-state index in [1.54, 1.807) is 16.7 Å². The van der Waals surface area contributed by atoms with E-state index < -0.39 is 12.0 Å². The van der Waals surface area contributed by atoms with Crippen LogP contribution in [0, 0.1) is 0 Å². The number of nitrogens with zero attached hydrogens (tertiary/aromatic N) is 4. The molecule has 1 unspecified atom stereocenters. The second kappa shape index (κ2) is 7.12. The monoisotopic (exact) mass is 324 g/mol. The van der Waals surface area contributed by atoms with Crippen LogP contribution < -0.4 is 0 Å². The SMILES string of the molecule is CCOC(=O)N1CCN(C(=O)c2ccnn2C(C)C(=O)O)CC1. The fourth-order valence-corrected chi connectivity index (χ4v) is 2.37. The fraction of sp³-hybridized carbons (Fsp3) is 0.571. The average molecular weight is 324 g/mol. The Balaban J connectivity index is 2.02. The number of hydrogen-bond donors (Lipinski definition) is 1. The Labute approximate surface area is 133 Å². The Kier molecular flexibility index (Phi) is 5.20. The van der Waals surface area contributed by atoms with Crippen molar-refractivity contribution in [3.8, 4) is 0 Å². The van der Waals surface area contributed by atoms with Crippen LogP contribution in [0.15, 0.2) is 12.3 Å². The van der Waals surface area contributed by atoms with Gasteiger partial charge in [0.15, 0.2) is 0 Å². The predicted molar refractivity (Wildman–Crippen MR) is 79.1 cm³/mol. The molecule has 0 aromatic carbocycles. The van der Waals surface area contributed by atoms with Gasteiger partial charge >= 0.3 is 12.1 Å². The minimum atomic E-state index is -1.06. The first-order valence-electron chi connectivity index (χ1n) is 7.43. The summed E-state index contributed by atoms with van der Waals surface area (Å²) in [5.74, 6) is -1.35. The van der Waals surface area contributed by atoms with Gasteiger partial charge in [-0.25, -0.2) is 14.3 Å². The maximum atomic E-state index is 12.5. The number of hydrogen-bond acceptors (Lipinski definition) is 5. The minimum absolute atomic E-state index is 0.226. The molecule has 2 heterocycles. The number of rotatable bonds is 4. The Bertz CT molecular complexity index is 592. The van der Waals surface area contributed by atoms with Gasteiger partial charge in [-0.05, 0) is 19.9 Å². The summed E-state index contributed by atoms with van der Waals surface area (Å²) in [6, 6.07) is 0.573. The topological polar surface area (TPSA) is 105 Å². The zero-order valence-corrected chi connectivity index (χ0v) is 13.1. The summed E-state index contributed by atoms with van der Waals surface area (Å²) in [5, 5.41) is 13.0. The van der Waals surface area contributed by atoms with Crippen LogP contribution in [0.3, 0.4) is 0 Å². The molecule has 9 heteroatoms. The first-order valence-corrected chi connectivity index (χ1v) is 7.43. The number of aliphatic carboxylic acids is 1. The van der Waals surface area contributed by atoms with Crippen molar-refractivity contribution < 1.29 is 24.2 Å². The van der Waals surface area contributed by atoms with Crippen molar-refractivity contribution in [3.63, 3.8) is 0 Å². The van der Waals surface area contributed by atoms with Gasteiger partial charge in [0.25, 0.3) is 5.91 Å². The lowest BCUT2D eigenvalue weighted by atomic mass is 10.2. The Morgan fingerprint density at radius 2 is 1.87 bits per heavy atom. The molecule has 9 nitrogen and oxygen atoms in total. The number of carbonyl (C=O) groups is 3. The molecule has 0 aliphatic carbocycles. The smallest absolute Gasteiger partial charge is 0.409 e. The minimum Gasteiger partial charge on any atom is -0.480 e. The van der Waals surface area contributed by atoms with E-state index in [0.29, 0.717) is 32.8 Å². The van der Waals surface area contributed by atoms with Gasteiger partial charge in [-0.15, -0.1) is 0 Å². The molecule has 1 aliphatic rings. The van der Waals surface area contributed by atoms with E-state index in [0.717, 1.165) is 0 Å². The Hall–Kier alpha value is -2.58.